The molecule has 0 aromatic heterocycles. The summed E-state index contributed by atoms with van der Waals surface area (Å²) < 4.78 is 51.7. The number of rotatable bonds is 27. The van der Waals surface area contributed by atoms with E-state index >= 15 is 33.6 Å². The first-order valence-electron chi connectivity index (χ1n) is 45.7. The number of aliphatic hydroxyl groups is 6. The van der Waals surface area contributed by atoms with E-state index in [1.54, 1.807) is 19.1 Å². The van der Waals surface area contributed by atoms with Crippen molar-refractivity contribution in [1.82, 2.24) is 58.5 Å². The summed E-state index contributed by atoms with van der Waals surface area (Å²) in [6, 6.07) is 5.47. The van der Waals surface area contributed by atoms with Crippen molar-refractivity contribution in [3.8, 4) is 62.9 Å². The van der Waals surface area contributed by atoms with Crippen LogP contribution in [0, 0.1) is 43.4 Å². The molecule has 38 nitrogen and oxygen atoms in total. The Labute approximate surface area is 779 Å². The van der Waals surface area contributed by atoms with E-state index < -0.39 is 204 Å². The number of nitrogens with one attached hydrogen (secondary N) is 12. The number of hydrogen-bond donors (Lipinski definition) is 21. The largest absolute Gasteiger partial charge is 0.508 e. The van der Waals surface area contributed by atoms with Gasteiger partial charge in [-0.15, -0.1) is 0 Å². The molecule has 7 heterocycles. The van der Waals surface area contributed by atoms with Crippen LogP contribution in [0.5, 0.6) is 51.7 Å². The minimum atomic E-state index is -2.38. The zero-order valence-corrected chi connectivity index (χ0v) is 76.8. The van der Waals surface area contributed by atoms with Crippen molar-refractivity contribution in [3.05, 3.63) is 141 Å². The molecule has 134 heavy (non-hydrogen) atoms. The predicted molar refractivity (Wildman–Crippen MR) is 485 cm³/mol. The fraction of sp³-hybridized carbons (Fsp3) is 0.526. The lowest BCUT2D eigenvalue weighted by Gasteiger charge is -2.54. The third-order valence-electron chi connectivity index (χ3n) is 26.2. The fourth-order valence-corrected chi connectivity index (χ4v) is 19.8. The summed E-state index contributed by atoms with van der Waals surface area (Å²) in [6.45, 7) is 15.5. The number of likely N-dealkylation sites (N-methyl/N-ethyl adjacent to an activating group) is 1. The minimum Gasteiger partial charge on any atom is -0.508 e. The standard InChI is InChI=1S/C95H122ClN13O25/c1-10-20-99-22-24-127-56-15-19-66(128-25-23-100-21-11-2)60(39-56)102-94(126)103-70(113)40-62-87(120)105-75-54-36-67(130-64-17-13-50(27-44(64)5)79(114)77(91(124)101-62)108-86(119)61(98-9)26-43(3)4)83(134-93-84(82(117)81(116)69(42-110)132-93)133-71-41-95(8,97)85(118)46(7)129-71)68(37-54)131-65-18-14-51(35-59(65)96)80(115)78-92(125)107-76(90(123)104-73-52-30-47-29-48(32-52)33-53(73)31-47)58-38-55(111)28-45(6)72(58)57-34-49(12-16-63(57)112)74(88(121)109-78)106-89(75)122/h12-19,27-28,34-39,43,46-48,52-53,61-62,69,71,73-82,84-85,93,98-100,110-112,114-118H,10-11,20-26,29-33,40-42,97H2,1-9H3,(H,101,124)(H,104,123)(H,105,120)(H,106,122)(H,107,125)(H,108,119)(H,109,121)(H2,102,103,113,126)/t46-,47?,48?,52?,53?,61+,62-,69+,71-,73?,74+,75+,76-,77+,78-,79+,80+,81+,82-,84+,85+,93-,95-/m0/s1. The number of carbonyl (C=O) groups excluding carboxylic acids is 9. The third-order valence-corrected chi connectivity index (χ3v) is 26.5. The fourth-order valence-electron chi connectivity index (χ4n) is 19.6. The first kappa shape index (κ1) is 98.9. The Morgan fingerprint density at radius 3 is 1.95 bits per heavy atom. The molecule has 6 aromatic rings. The van der Waals surface area contributed by atoms with Crippen molar-refractivity contribution < 1.29 is 122 Å². The highest BCUT2D eigenvalue weighted by atomic mass is 35.5. The number of amides is 10. The molecule has 7 aliphatic heterocycles. The van der Waals surface area contributed by atoms with Gasteiger partial charge in [0.05, 0.1) is 42.0 Å². The number of anilines is 1. The summed E-state index contributed by atoms with van der Waals surface area (Å²) in [4.78, 5) is 141. The Morgan fingerprint density at radius 1 is 0.657 bits per heavy atom. The number of hydrogen-bond acceptors (Lipinski definition) is 29. The van der Waals surface area contributed by atoms with E-state index in [2.05, 4.69) is 63.8 Å². The van der Waals surface area contributed by atoms with Gasteiger partial charge < -0.3 is 143 Å². The van der Waals surface area contributed by atoms with Crippen LogP contribution >= 0.6 is 11.6 Å². The number of benzene rings is 6. The summed E-state index contributed by atoms with van der Waals surface area (Å²) in [5, 5.41) is 129. The van der Waals surface area contributed by atoms with Crippen molar-refractivity contribution in [2.75, 3.05) is 58.4 Å². The highest BCUT2D eigenvalue weighted by Gasteiger charge is 2.53. The van der Waals surface area contributed by atoms with Gasteiger partial charge in [0, 0.05) is 42.7 Å². The molecule has 0 unspecified atom stereocenters. The van der Waals surface area contributed by atoms with Gasteiger partial charge in [0.2, 0.25) is 59.3 Å². The van der Waals surface area contributed by atoms with Crippen molar-refractivity contribution in [3.63, 3.8) is 0 Å². The average Bonchev–Trinajstić information content (AvgIpc) is 0.759. The zero-order valence-electron chi connectivity index (χ0n) is 76.0. The molecule has 39 heteroatoms. The van der Waals surface area contributed by atoms with Gasteiger partial charge in [0.25, 0.3) is 0 Å². The normalized spacial score (nSPS) is 29.1. The Balaban J connectivity index is 0.946. The van der Waals surface area contributed by atoms with Crippen LogP contribution in [0.1, 0.15) is 175 Å². The molecule has 4 aliphatic carbocycles. The third kappa shape index (κ3) is 22.5. The number of halogens is 1. The molecule has 15 bridgehead atoms. The van der Waals surface area contributed by atoms with Crippen LogP contribution in [-0.4, -0.2) is 232 Å². The molecule has 11 aliphatic rings. The second-order valence-electron chi connectivity index (χ2n) is 36.9. The molecular formula is C95H122ClN13O25. The number of nitrogens with two attached hydrogens (primary N) is 1. The number of imide groups is 1. The second kappa shape index (κ2) is 42.9. The molecule has 2 saturated heterocycles. The molecule has 0 spiro atoms. The SMILES string of the molecule is CCCNCCOc1ccc(OCCNCCC)c(NC(=O)NC(=O)C[C@@H]2NC(=O)[C@H](NC(=O)[C@@H](CC(C)C)NC)[C@H](O)c3ccc(c(C)c3)Oc3cc4cc(c3O[C@@H]3O[C@H](CO)[C@@H](O)[C@H](O)[C@H]3O[C@H]3C[C@](C)(N)[C@H](O)[C@H](C)O3)Oc3ccc(cc3Cl)[C@@H](O)[C@@H]3NC(=O)[C@H](NC(=O)[C@@H]4NC2=O)c2ccc(O)c(c2)-c2c(C)cc(O)cc2[C@@H](C(=O)NC2C4CC5CC(C4)CC2C5)NC3=O)c1. The molecule has 4 saturated carbocycles. The summed E-state index contributed by atoms with van der Waals surface area (Å²) >= 11 is 7.37. The number of phenols is 2. The van der Waals surface area contributed by atoms with Crippen molar-refractivity contribution >= 4 is 70.6 Å². The first-order valence-corrected chi connectivity index (χ1v) is 46.1. The van der Waals surface area contributed by atoms with E-state index in [1.807, 2.05) is 27.7 Å². The number of carbonyl (C=O) groups is 9. The molecule has 6 aromatic carbocycles. The maximum absolute atomic E-state index is 16.9. The number of fused-ring (bicyclic) bond motifs is 15. The van der Waals surface area contributed by atoms with Crippen LogP contribution in [0.2, 0.25) is 5.02 Å². The van der Waals surface area contributed by atoms with Crippen LogP contribution in [0.25, 0.3) is 11.1 Å². The Kier molecular flexibility index (Phi) is 31.6. The van der Waals surface area contributed by atoms with E-state index in [9.17, 15) is 50.4 Å². The number of aliphatic hydroxyl groups excluding tert-OH is 6. The first-order chi connectivity index (χ1) is 64.0. The monoisotopic (exact) mass is 1880 g/mol. The lowest BCUT2D eigenvalue weighted by atomic mass is 9.54. The molecule has 18 atom stereocenters. The van der Waals surface area contributed by atoms with Crippen LogP contribution < -0.4 is 93.2 Å². The van der Waals surface area contributed by atoms with Gasteiger partial charge in [-0.05, 0) is 246 Å². The molecular weight excluding hydrogens is 1760 g/mol. The summed E-state index contributed by atoms with van der Waals surface area (Å²) in [7, 11) is 1.50. The van der Waals surface area contributed by atoms with E-state index in [0.717, 1.165) is 63.6 Å². The average molecular weight is 1880 g/mol. The summed E-state index contributed by atoms with van der Waals surface area (Å²) in [6.07, 6.45) is -12.4. The number of ether oxygens (including phenoxy) is 8. The van der Waals surface area contributed by atoms with Gasteiger partial charge in [-0.1, -0.05) is 57.5 Å². The van der Waals surface area contributed by atoms with Crippen molar-refractivity contribution in [2.45, 2.75) is 235 Å². The second-order valence-corrected chi connectivity index (χ2v) is 37.3. The van der Waals surface area contributed by atoms with Gasteiger partial charge in [-0.2, -0.15) is 0 Å². The molecule has 10 amide bonds. The highest BCUT2D eigenvalue weighted by Crippen LogP contribution is 2.55. The Bertz CT molecular complexity index is 5310. The zero-order chi connectivity index (χ0) is 96.0. The van der Waals surface area contributed by atoms with Crippen LogP contribution in [0.15, 0.2) is 97.1 Å². The van der Waals surface area contributed by atoms with E-state index in [4.69, 9.17) is 55.2 Å². The number of urea groups is 1. The maximum atomic E-state index is 16.9. The highest BCUT2D eigenvalue weighted by molar-refractivity contribution is 6.32. The lowest BCUT2D eigenvalue weighted by molar-refractivity contribution is -0.333. The predicted octanol–water partition coefficient (Wildman–Crippen LogP) is 4.84. The molecule has 6 fully saturated rings. The number of aryl methyl sites for hydroxylation is 2. The minimum absolute atomic E-state index is 0.0197. The van der Waals surface area contributed by atoms with Gasteiger partial charge in [0.1, 0.15) is 114 Å². The Hall–Kier alpha value is -11.1. The van der Waals surface area contributed by atoms with Crippen molar-refractivity contribution in [2.24, 2.45) is 35.3 Å². The van der Waals surface area contributed by atoms with Crippen LogP contribution in [0.4, 0.5) is 10.5 Å². The molecule has 17 rings (SSSR count). The van der Waals surface area contributed by atoms with Crippen LogP contribution in [0.3, 0.4) is 0 Å². The smallest absolute Gasteiger partial charge is 0.325 e. The van der Waals surface area contributed by atoms with Gasteiger partial charge in [-0.25, -0.2) is 4.79 Å². The van der Waals surface area contributed by atoms with Crippen LogP contribution in [-0.2, 0) is 52.6 Å². The lowest BCUT2D eigenvalue weighted by Crippen LogP contribution is -2.64. The number of aromatic hydroxyl groups is 2. The molecule has 724 valence electrons. The quantitative estimate of drug-likeness (QED) is 0.0307. The summed E-state index contributed by atoms with van der Waals surface area (Å²) in [5.41, 5.74) is 4.67. The number of phenolic OH excluding ortho intramolecular Hbond substituents is 2. The van der Waals surface area contributed by atoms with Gasteiger partial charge in [0.15, 0.2) is 23.9 Å². The summed E-state index contributed by atoms with van der Waals surface area (Å²) in [5.74, 6) is -11.1. The topological polar surface area (TPSA) is 560 Å². The van der Waals surface area contributed by atoms with Gasteiger partial charge >= 0.3 is 6.03 Å². The Morgan fingerprint density at radius 2 is 1.30 bits per heavy atom. The molecule has 22 N–H and O–H groups in total. The van der Waals surface area contributed by atoms with E-state index in [-0.39, 0.29) is 128 Å². The van der Waals surface area contributed by atoms with E-state index in [0.29, 0.717) is 37.2 Å². The van der Waals surface area contributed by atoms with Crippen molar-refractivity contribution in [1.29, 1.82) is 0 Å². The maximum Gasteiger partial charge on any atom is 0.325 e. The van der Waals surface area contributed by atoms with Gasteiger partial charge in [-0.3, -0.25) is 43.7 Å². The molecule has 0 radical (unpaired) electrons. The van der Waals surface area contributed by atoms with E-state index in [1.165, 1.54) is 101 Å².